The minimum absolute atomic E-state index is 0.120. The van der Waals surface area contributed by atoms with E-state index in [1.807, 2.05) is 18.2 Å². The van der Waals surface area contributed by atoms with Crippen LogP contribution in [0.5, 0.6) is 0 Å². The molecule has 0 saturated carbocycles. The molecule has 2 aromatic carbocycles. The smallest absolute Gasteiger partial charge is 0.423 e. The Morgan fingerprint density at radius 2 is 2.05 bits per heavy atom. The van der Waals surface area contributed by atoms with Crippen molar-refractivity contribution in [1.82, 2.24) is 0 Å². The van der Waals surface area contributed by atoms with Gasteiger partial charge in [-0.2, -0.15) is 0 Å². The number of halogens is 1. The molecule has 3 rings (SSSR count). The van der Waals surface area contributed by atoms with E-state index in [0.29, 0.717) is 22.8 Å². The van der Waals surface area contributed by atoms with Crippen molar-refractivity contribution in [3.63, 3.8) is 0 Å². The minimum Gasteiger partial charge on any atom is -0.423 e. The number of carbonyl (C=O) groups is 1. The third-order valence-electron chi connectivity index (χ3n) is 3.37. The molecule has 0 aliphatic carbocycles. The number of rotatable bonds is 3. The van der Waals surface area contributed by atoms with Gasteiger partial charge in [-0.05, 0) is 40.9 Å². The van der Waals surface area contributed by atoms with E-state index in [0.717, 1.165) is 11.1 Å². The zero-order valence-electron chi connectivity index (χ0n) is 11.2. The van der Waals surface area contributed by atoms with E-state index >= 15 is 0 Å². The molecule has 4 nitrogen and oxygen atoms in total. The highest BCUT2D eigenvalue weighted by Crippen LogP contribution is 2.15. The van der Waals surface area contributed by atoms with Crippen LogP contribution in [0.1, 0.15) is 11.1 Å². The Balaban J connectivity index is 1.68. The number of carbonyl (C=O) groups excluding carboxylic acids is 1. The summed E-state index contributed by atoms with van der Waals surface area (Å²) in [4.78, 5) is 12.0. The van der Waals surface area contributed by atoms with Crippen LogP contribution in [0.25, 0.3) is 0 Å². The molecule has 2 aromatic rings. The van der Waals surface area contributed by atoms with Crippen molar-refractivity contribution in [1.29, 1.82) is 0 Å². The highest BCUT2D eigenvalue weighted by molar-refractivity contribution is 6.61. The Hall–Kier alpha value is -1.82. The Bertz CT molecular complexity index is 675. The number of benzene rings is 2. The normalized spacial score (nSPS) is 13.1. The van der Waals surface area contributed by atoms with Crippen LogP contribution in [-0.2, 0) is 22.5 Å². The summed E-state index contributed by atoms with van der Waals surface area (Å²) in [5.41, 5.74) is 3.19. The predicted molar refractivity (Wildman–Crippen MR) is 82.6 cm³/mol. The van der Waals surface area contributed by atoms with Gasteiger partial charge in [-0.1, -0.05) is 29.8 Å². The molecule has 0 fully saturated rings. The summed E-state index contributed by atoms with van der Waals surface area (Å²) in [5.74, 6) is -0.120. The van der Waals surface area contributed by atoms with E-state index in [4.69, 9.17) is 16.3 Å². The van der Waals surface area contributed by atoms with Gasteiger partial charge in [0.1, 0.15) is 0 Å². The third kappa shape index (κ3) is 3.27. The number of nitrogens with one attached hydrogen (secondary N) is 1. The van der Waals surface area contributed by atoms with Crippen molar-refractivity contribution < 1.29 is 14.5 Å². The summed E-state index contributed by atoms with van der Waals surface area (Å²) in [6.45, 7) is 0.398. The second-order valence-electron chi connectivity index (χ2n) is 4.93. The van der Waals surface area contributed by atoms with Crippen molar-refractivity contribution in [2.45, 2.75) is 13.0 Å². The molecular formula is C15H13BClNO3. The maximum Gasteiger partial charge on any atom is 0.491 e. The quantitative estimate of drug-likeness (QED) is 0.849. The Morgan fingerprint density at radius 3 is 2.81 bits per heavy atom. The average molecular weight is 302 g/mol. The second-order valence-corrected chi connectivity index (χ2v) is 5.36. The van der Waals surface area contributed by atoms with E-state index in [1.165, 1.54) is 0 Å². The van der Waals surface area contributed by atoms with Crippen LogP contribution in [-0.4, -0.2) is 18.0 Å². The van der Waals surface area contributed by atoms with Crippen LogP contribution >= 0.6 is 11.6 Å². The van der Waals surface area contributed by atoms with Crippen LogP contribution in [0.15, 0.2) is 42.5 Å². The molecule has 0 bridgehead atoms. The van der Waals surface area contributed by atoms with E-state index in [2.05, 4.69) is 5.32 Å². The Kier molecular flexibility index (Phi) is 3.97. The lowest BCUT2D eigenvalue weighted by Gasteiger charge is -2.07. The molecule has 1 amide bonds. The highest BCUT2D eigenvalue weighted by atomic mass is 35.5. The number of amides is 1. The summed E-state index contributed by atoms with van der Waals surface area (Å²) in [5, 5.41) is 13.1. The maximum atomic E-state index is 12.0. The molecule has 0 unspecified atom stereocenters. The molecule has 1 aliphatic rings. The Labute approximate surface area is 127 Å². The lowest BCUT2D eigenvalue weighted by molar-refractivity contribution is -0.115. The fourth-order valence-corrected chi connectivity index (χ4v) is 2.41. The van der Waals surface area contributed by atoms with Crippen molar-refractivity contribution in [3.05, 3.63) is 58.6 Å². The van der Waals surface area contributed by atoms with Crippen molar-refractivity contribution in [2.24, 2.45) is 0 Å². The monoisotopic (exact) mass is 301 g/mol. The predicted octanol–water partition coefficient (Wildman–Crippen LogP) is 1.74. The van der Waals surface area contributed by atoms with Crippen molar-refractivity contribution in [2.75, 3.05) is 5.32 Å². The van der Waals surface area contributed by atoms with E-state index in [9.17, 15) is 9.82 Å². The zero-order chi connectivity index (χ0) is 14.8. The Morgan fingerprint density at radius 1 is 1.29 bits per heavy atom. The van der Waals surface area contributed by atoms with Gasteiger partial charge in [-0.3, -0.25) is 4.79 Å². The number of anilines is 1. The summed E-state index contributed by atoms with van der Waals surface area (Å²) in [6, 6.07) is 12.6. The molecular weight excluding hydrogens is 288 g/mol. The second kappa shape index (κ2) is 5.89. The molecule has 21 heavy (non-hydrogen) atoms. The molecule has 1 aliphatic heterocycles. The molecule has 2 N–H and O–H groups in total. The average Bonchev–Trinajstić information content (AvgIpc) is 2.83. The van der Waals surface area contributed by atoms with Crippen LogP contribution in [0.2, 0.25) is 5.02 Å². The lowest BCUT2D eigenvalue weighted by Crippen LogP contribution is -2.28. The fourth-order valence-electron chi connectivity index (χ4n) is 2.29. The van der Waals surface area contributed by atoms with Gasteiger partial charge in [0.15, 0.2) is 0 Å². The van der Waals surface area contributed by atoms with Gasteiger partial charge < -0.3 is 15.0 Å². The number of hydrogen-bond acceptors (Lipinski definition) is 3. The van der Waals surface area contributed by atoms with Crippen LogP contribution in [0, 0.1) is 0 Å². The van der Waals surface area contributed by atoms with Gasteiger partial charge in [0.05, 0.1) is 13.0 Å². The summed E-state index contributed by atoms with van der Waals surface area (Å²) < 4.78 is 5.12. The lowest BCUT2D eigenvalue weighted by atomic mass is 9.79. The molecule has 6 heteroatoms. The van der Waals surface area contributed by atoms with Crippen LogP contribution in [0.4, 0.5) is 5.69 Å². The first-order valence-corrected chi connectivity index (χ1v) is 6.96. The molecule has 0 atom stereocenters. The number of hydrogen-bond donors (Lipinski definition) is 2. The van der Waals surface area contributed by atoms with Gasteiger partial charge in [0.2, 0.25) is 5.91 Å². The SMILES string of the molecule is O=C(Cc1ccc(Cl)cc1)Nc1ccc2c(c1)B(O)OC2. The molecule has 0 radical (unpaired) electrons. The minimum atomic E-state index is -0.909. The largest absolute Gasteiger partial charge is 0.491 e. The van der Waals surface area contributed by atoms with Gasteiger partial charge in [0.25, 0.3) is 0 Å². The van der Waals surface area contributed by atoms with Crippen molar-refractivity contribution in [3.8, 4) is 0 Å². The fraction of sp³-hybridized carbons (Fsp3) is 0.133. The molecule has 0 saturated heterocycles. The first-order valence-electron chi connectivity index (χ1n) is 6.58. The van der Waals surface area contributed by atoms with Crippen LogP contribution < -0.4 is 10.8 Å². The first kappa shape index (κ1) is 14.1. The molecule has 1 heterocycles. The van der Waals surface area contributed by atoms with Gasteiger partial charge in [-0.25, -0.2) is 0 Å². The summed E-state index contributed by atoms with van der Waals surface area (Å²) in [7, 11) is -0.909. The van der Waals surface area contributed by atoms with E-state index in [1.54, 1.807) is 24.3 Å². The first-order chi connectivity index (χ1) is 10.1. The molecule has 0 spiro atoms. The molecule has 106 valence electrons. The van der Waals surface area contributed by atoms with Gasteiger partial charge in [-0.15, -0.1) is 0 Å². The zero-order valence-corrected chi connectivity index (χ0v) is 11.9. The summed E-state index contributed by atoms with van der Waals surface area (Å²) in [6.07, 6.45) is 0.271. The van der Waals surface area contributed by atoms with Gasteiger partial charge >= 0.3 is 7.12 Å². The van der Waals surface area contributed by atoms with Gasteiger partial charge in [0, 0.05) is 10.7 Å². The third-order valence-corrected chi connectivity index (χ3v) is 3.62. The molecule has 0 aromatic heterocycles. The number of fused-ring (bicyclic) bond motifs is 1. The van der Waals surface area contributed by atoms with E-state index in [-0.39, 0.29) is 12.3 Å². The maximum absolute atomic E-state index is 12.0. The van der Waals surface area contributed by atoms with E-state index < -0.39 is 7.12 Å². The topological polar surface area (TPSA) is 58.6 Å². The highest BCUT2D eigenvalue weighted by Gasteiger charge is 2.27. The van der Waals surface area contributed by atoms with Crippen LogP contribution in [0.3, 0.4) is 0 Å². The standard InChI is InChI=1S/C15H13BClNO3/c17-12-4-1-10(2-5-12)7-15(19)18-13-6-3-11-9-21-16(20)14(11)8-13/h1-6,8,20H,7,9H2,(H,18,19). The summed E-state index contributed by atoms with van der Waals surface area (Å²) >= 11 is 5.81. The van der Waals surface area contributed by atoms with Crippen molar-refractivity contribution >= 4 is 35.8 Å².